The van der Waals surface area contributed by atoms with E-state index in [1.54, 1.807) is 17.0 Å². The third-order valence-electron chi connectivity index (χ3n) is 5.00. The Balaban J connectivity index is 2.22. The second-order valence-corrected chi connectivity index (χ2v) is 9.19. The second-order valence-electron chi connectivity index (χ2n) is 7.25. The molecule has 1 aliphatic heterocycles. The lowest BCUT2D eigenvalue weighted by Crippen LogP contribution is -2.51. The summed E-state index contributed by atoms with van der Waals surface area (Å²) in [5, 5.41) is 2.78. The van der Waals surface area contributed by atoms with Crippen LogP contribution in [0, 0.1) is 5.92 Å². The summed E-state index contributed by atoms with van der Waals surface area (Å²) >= 11 is 0. The molecule has 1 unspecified atom stereocenters. The number of morpholine rings is 1. The normalized spacial score (nSPS) is 16.4. The number of benzene rings is 1. The van der Waals surface area contributed by atoms with Crippen LogP contribution in [0.4, 0.5) is 0 Å². The van der Waals surface area contributed by atoms with Crippen LogP contribution >= 0.6 is 0 Å². The zero-order valence-corrected chi connectivity index (χ0v) is 18.4. The highest BCUT2D eigenvalue weighted by atomic mass is 32.2. The summed E-state index contributed by atoms with van der Waals surface area (Å²) in [5.74, 6) is -0.717. The summed E-state index contributed by atoms with van der Waals surface area (Å²) in [7, 11) is -3.70. The van der Waals surface area contributed by atoms with Gasteiger partial charge in [0.25, 0.3) is 5.91 Å². The number of likely N-dealkylation sites (N-methyl/N-ethyl adjacent to an activating group) is 1. The Hall–Kier alpha value is -1.97. The molecular weight excluding hydrogens is 394 g/mol. The Morgan fingerprint density at radius 1 is 1.17 bits per heavy atom. The van der Waals surface area contributed by atoms with Crippen LogP contribution in [0.3, 0.4) is 0 Å². The molecule has 2 amide bonds. The fourth-order valence-corrected chi connectivity index (χ4v) is 4.66. The van der Waals surface area contributed by atoms with Crippen LogP contribution in [0.1, 0.15) is 38.1 Å². The topological polar surface area (TPSA) is 96.0 Å². The lowest BCUT2D eigenvalue weighted by Gasteiger charge is -2.28. The minimum Gasteiger partial charge on any atom is -0.379 e. The molecule has 1 aromatic rings. The summed E-state index contributed by atoms with van der Waals surface area (Å²) in [6.45, 7) is 9.90. The molecule has 0 spiro atoms. The lowest BCUT2D eigenvalue weighted by atomic mass is 10.0. The molecule has 162 valence electrons. The molecule has 2 rings (SSSR count). The zero-order valence-electron chi connectivity index (χ0n) is 17.6. The second kappa shape index (κ2) is 10.2. The van der Waals surface area contributed by atoms with Gasteiger partial charge in [-0.2, -0.15) is 4.31 Å². The van der Waals surface area contributed by atoms with E-state index in [1.165, 1.54) is 16.4 Å². The first-order valence-electron chi connectivity index (χ1n) is 10.00. The van der Waals surface area contributed by atoms with E-state index in [2.05, 4.69) is 5.32 Å². The Kier molecular flexibility index (Phi) is 8.18. The lowest BCUT2D eigenvalue weighted by molar-refractivity contribution is -0.133. The van der Waals surface area contributed by atoms with Crippen molar-refractivity contribution in [2.24, 2.45) is 5.92 Å². The van der Waals surface area contributed by atoms with Gasteiger partial charge >= 0.3 is 0 Å². The number of nitrogens with zero attached hydrogens (tertiary/aromatic N) is 2. The highest BCUT2D eigenvalue weighted by Crippen LogP contribution is 2.19. The van der Waals surface area contributed by atoms with E-state index in [-0.39, 0.29) is 35.4 Å². The Morgan fingerprint density at radius 2 is 1.79 bits per heavy atom. The van der Waals surface area contributed by atoms with Gasteiger partial charge in [0.1, 0.15) is 6.04 Å². The van der Waals surface area contributed by atoms with E-state index in [9.17, 15) is 18.0 Å². The quantitative estimate of drug-likeness (QED) is 0.678. The van der Waals surface area contributed by atoms with E-state index < -0.39 is 22.0 Å². The number of nitrogens with one attached hydrogen (secondary N) is 1. The summed E-state index contributed by atoms with van der Waals surface area (Å²) in [6.07, 6.45) is 0. The van der Waals surface area contributed by atoms with Gasteiger partial charge in [0.15, 0.2) is 0 Å². The van der Waals surface area contributed by atoms with Crippen LogP contribution in [0.15, 0.2) is 29.2 Å². The van der Waals surface area contributed by atoms with E-state index in [4.69, 9.17) is 4.74 Å². The summed E-state index contributed by atoms with van der Waals surface area (Å²) < 4.78 is 32.3. The van der Waals surface area contributed by atoms with Crippen molar-refractivity contribution in [3.05, 3.63) is 29.8 Å². The average molecular weight is 426 g/mol. The predicted molar refractivity (Wildman–Crippen MR) is 110 cm³/mol. The summed E-state index contributed by atoms with van der Waals surface area (Å²) in [5.41, 5.74) is 0.206. The molecule has 1 aromatic carbocycles. The van der Waals surface area contributed by atoms with Crippen molar-refractivity contribution < 1.29 is 22.7 Å². The number of rotatable bonds is 8. The number of carbonyl (C=O) groups is 2. The molecule has 1 aliphatic rings. The van der Waals surface area contributed by atoms with Gasteiger partial charge in [-0.1, -0.05) is 19.9 Å². The maximum atomic E-state index is 12.8. The van der Waals surface area contributed by atoms with Crippen LogP contribution in [-0.4, -0.2) is 74.9 Å². The fraction of sp³-hybridized carbons (Fsp3) is 0.600. The number of hydrogen-bond acceptors (Lipinski definition) is 5. The number of hydrogen-bond donors (Lipinski definition) is 1. The first kappa shape index (κ1) is 23.3. The largest absolute Gasteiger partial charge is 0.379 e. The van der Waals surface area contributed by atoms with Gasteiger partial charge in [0.05, 0.1) is 18.1 Å². The van der Waals surface area contributed by atoms with Crippen LogP contribution in [0.5, 0.6) is 0 Å². The van der Waals surface area contributed by atoms with Gasteiger partial charge in [-0.05, 0) is 38.0 Å². The van der Waals surface area contributed by atoms with Crippen molar-refractivity contribution in [2.45, 2.75) is 38.6 Å². The molecule has 0 bridgehead atoms. The van der Waals surface area contributed by atoms with Crippen molar-refractivity contribution in [2.75, 3.05) is 39.4 Å². The maximum absolute atomic E-state index is 12.8. The number of sulfonamides is 1. The standard InChI is InChI=1S/C20H31N3O5S/c1-5-22(6-2)20(25)18(15(3)4)21-19(24)16-8-7-9-17(14-16)29(26,27)23-10-12-28-13-11-23/h7-9,14-15,18H,5-6,10-13H2,1-4H3,(H,21,24). The molecule has 0 aliphatic carbocycles. The SMILES string of the molecule is CCN(CC)C(=O)C(NC(=O)c1cccc(S(=O)(=O)N2CCOCC2)c1)C(C)C. The Labute approximate surface area is 173 Å². The molecule has 1 atom stereocenters. The highest BCUT2D eigenvalue weighted by Gasteiger charge is 2.29. The van der Waals surface area contributed by atoms with E-state index in [1.807, 2.05) is 27.7 Å². The molecule has 0 aromatic heterocycles. The smallest absolute Gasteiger partial charge is 0.251 e. The van der Waals surface area contributed by atoms with Gasteiger partial charge in [0, 0.05) is 31.7 Å². The molecule has 0 radical (unpaired) electrons. The third-order valence-corrected chi connectivity index (χ3v) is 6.89. The molecule has 1 fully saturated rings. The third kappa shape index (κ3) is 5.55. The molecule has 1 N–H and O–H groups in total. The Morgan fingerprint density at radius 3 is 2.34 bits per heavy atom. The number of carbonyl (C=O) groups excluding carboxylic acids is 2. The number of amides is 2. The van der Waals surface area contributed by atoms with Crippen LogP contribution < -0.4 is 5.32 Å². The number of ether oxygens (including phenoxy) is 1. The van der Waals surface area contributed by atoms with Gasteiger partial charge < -0.3 is 15.0 Å². The van der Waals surface area contributed by atoms with Crippen LogP contribution in [0.2, 0.25) is 0 Å². The minimum absolute atomic E-state index is 0.0585. The van der Waals surface area contributed by atoms with E-state index in [0.29, 0.717) is 26.3 Å². The highest BCUT2D eigenvalue weighted by molar-refractivity contribution is 7.89. The summed E-state index contributed by atoms with van der Waals surface area (Å²) in [6, 6.07) is 5.25. The molecule has 9 heteroatoms. The monoisotopic (exact) mass is 425 g/mol. The van der Waals surface area contributed by atoms with Gasteiger partial charge in [-0.25, -0.2) is 8.42 Å². The van der Waals surface area contributed by atoms with Crippen molar-refractivity contribution in [1.82, 2.24) is 14.5 Å². The predicted octanol–water partition coefficient (Wildman–Crippen LogP) is 1.33. The van der Waals surface area contributed by atoms with Crippen molar-refractivity contribution >= 4 is 21.8 Å². The van der Waals surface area contributed by atoms with Crippen molar-refractivity contribution in [1.29, 1.82) is 0 Å². The zero-order chi connectivity index (χ0) is 21.6. The van der Waals surface area contributed by atoms with Crippen molar-refractivity contribution in [3.8, 4) is 0 Å². The van der Waals surface area contributed by atoms with Crippen molar-refractivity contribution in [3.63, 3.8) is 0 Å². The van der Waals surface area contributed by atoms with Crippen LogP contribution in [0.25, 0.3) is 0 Å². The molecule has 1 saturated heterocycles. The molecular formula is C20H31N3O5S. The first-order valence-corrected chi connectivity index (χ1v) is 11.4. The molecule has 29 heavy (non-hydrogen) atoms. The molecule has 8 nitrogen and oxygen atoms in total. The Bertz CT molecular complexity index is 815. The van der Waals surface area contributed by atoms with Crippen LogP contribution in [-0.2, 0) is 19.6 Å². The van der Waals surface area contributed by atoms with Gasteiger partial charge in [-0.3, -0.25) is 9.59 Å². The summed E-state index contributed by atoms with van der Waals surface area (Å²) in [4.78, 5) is 27.3. The fourth-order valence-electron chi connectivity index (χ4n) is 3.20. The van der Waals surface area contributed by atoms with Gasteiger partial charge in [0.2, 0.25) is 15.9 Å². The van der Waals surface area contributed by atoms with E-state index in [0.717, 1.165) is 0 Å². The average Bonchev–Trinajstić information content (AvgIpc) is 2.73. The van der Waals surface area contributed by atoms with Gasteiger partial charge in [-0.15, -0.1) is 0 Å². The van der Waals surface area contributed by atoms with E-state index >= 15 is 0 Å². The maximum Gasteiger partial charge on any atom is 0.251 e. The first-order chi connectivity index (χ1) is 13.7. The minimum atomic E-state index is -3.70. The molecule has 1 heterocycles. The molecule has 0 saturated carbocycles.